The van der Waals surface area contributed by atoms with Gasteiger partial charge in [0.05, 0.1) is 0 Å². The van der Waals surface area contributed by atoms with E-state index in [9.17, 15) is 4.39 Å². The number of hydrogen-bond acceptors (Lipinski definition) is 3. The van der Waals surface area contributed by atoms with Crippen LogP contribution in [-0.4, -0.2) is 44.7 Å². The van der Waals surface area contributed by atoms with Gasteiger partial charge in [-0.2, -0.15) is 0 Å². The normalized spacial score (nSPS) is 26.7. The van der Waals surface area contributed by atoms with Crippen LogP contribution >= 0.6 is 0 Å². The molecule has 2 aliphatic heterocycles. The summed E-state index contributed by atoms with van der Waals surface area (Å²) in [6.07, 6.45) is 3.79. The number of nitrogens with zero attached hydrogens (tertiary/aromatic N) is 2. The first-order chi connectivity index (χ1) is 10.2. The molecule has 2 atom stereocenters. The lowest BCUT2D eigenvalue weighted by atomic mass is 9.84. The molecule has 1 aromatic rings. The SMILES string of the molecule is CNCc1c(F)cccc1N1CCC2C(CCCN2C)C1. The Morgan fingerprint density at radius 2 is 2.14 bits per heavy atom. The van der Waals surface area contributed by atoms with Gasteiger partial charge in [0.1, 0.15) is 5.82 Å². The van der Waals surface area contributed by atoms with Gasteiger partial charge in [0, 0.05) is 36.9 Å². The number of benzene rings is 1. The Labute approximate surface area is 127 Å². The zero-order valence-corrected chi connectivity index (χ0v) is 13.1. The third kappa shape index (κ3) is 2.92. The average molecular weight is 291 g/mol. The number of halogens is 1. The van der Waals surface area contributed by atoms with Gasteiger partial charge >= 0.3 is 0 Å². The van der Waals surface area contributed by atoms with Crippen LogP contribution in [-0.2, 0) is 6.54 Å². The van der Waals surface area contributed by atoms with Crippen LogP contribution in [0.1, 0.15) is 24.8 Å². The summed E-state index contributed by atoms with van der Waals surface area (Å²) in [6, 6.07) is 6.19. The third-order valence-electron chi connectivity index (χ3n) is 5.13. The number of nitrogens with one attached hydrogen (secondary N) is 1. The molecule has 0 aliphatic carbocycles. The van der Waals surface area contributed by atoms with Gasteiger partial charge in [-0.3, -0.25) is 0 Å². The highest BCUT2D eigenvalue weighted by Crippen LogP contribution is 2.33. The van der Waals surface area contributed by atoms with Crippen LogP contribution in [0.3, 0.4) is 0 Å². The van der Waals surface area contributed by atoms with Crippen LogP contribution in [0.4, 0.5) is 10.1 Å². The minimum Gasteiger partial charge on any atom is -0.371 e. The first-order valence-electron chi connectivity index (χ1n) is 8.08. The quantitative estimate of drug-likeness (QED) is 0.923. The van der Waals surface area contributed by atoms with E-state index in [0.29, 0.717) is 6.54 Å². The van der Waals surface area contributed by atoms with Gasteiger partial charge in [0.25, 0.3) is 0 Å². The monoisotopic (exact) mass is 291 g/mol. The second kappa shape index (κ2) is 6.32. The smallest absolute Gasteiger partial charge is 0.129 e. The van der Waals surface area contributed by atoms with Crippen LogP contribution in [0.2, 0.25) is 0 Å². The number of anilines is 1. The zero-order valence-electron chi connectivity index (χ0n) is 13.1. The maximum Gasteiger partial charge on any atom is 0.129 e. The van der Waals surface area contributed by atoms with Crippen molar-refractivity contribution >= 4 is 5.69 Å². The highest BCUT2D eigenvalue weighted by atomic mass is 19.1. The van der Waals surface area contributed by atoms with E-state index < -0.39 is 0 Å². The Morgan fingerprint density at radius 1 is 1.29 bits per heavy atom. The summed E-state index contributed by atoms with van der Waals surface area (Å²) in [6.45, 7) is 3.92. The first kappa shape index (κ1) is 14.8. The zero-order chi connectivity index (χ0) is 14.8. The Bertz CT molecular complexity index is 491. The predicted molar refractivity (Wildman–Crippen MR) is 85.1 cm³/mol. The largest absolute Gasteiger partial charge is 0.371 e. The fourth-order valence-corrected chi connectivity index (χ4v) is 4.07. The van der Waals surface area contributed by atoms with Gasteiger partial charge in [0.15, 0.2) is 0 Å². The standard InChI is InChI=1S/C17H26FN3/c1-19-11-14-15(18)6-3-7-17(14)21-10-8-16-13(12-21)5-4-9-20(16)2/h3,6-7,13,16,19H,4-5,8-12H2,1-2H3. The van der Waals surface area contributed by atoms with Gasteiger partial charge in [-0.1, -0.05) is 6.07 Å². The van der Waals surface area contributed by atoms with E-state index >= 15 is 0 Å². The van der Waals surface area contributed by atoms with Gasteiger partial charge < -0.3 is 15.1 Å². The summed E-state index contributed by atoms with van der Waals surface area (Å²) in [7, 11) is 4.12. The fourth-order valence-electron chi connectivity index (χ4n) is 4.07. The van der Waals surface area contributed by atoms with Gasteiger partial charge in [-0.15, -0.1) is 0 Å². The van der Waals surface area contributed by atoms with Crippen molar-refractivity contribution in [2.75, 3.05) is 38.6 Å². The molecular weight excluding hydrogens is 265 g/mol. The van der Waals surface area contributed by atoms with Crippen LogP contribution in [0.15, 0.2) is 18.2 Å². The number of rotatable bonds is 3. The molecule has 1 aromatic carbocycles. The second-order valence-electron chi connectivity index (χ2n) is 6.45. The molecule has 0 spiro atoms. The highest BCUT2D eigenvalue weighted by Gasteiger charge is 2.34. The van der Waals surface area contributed by atoms with E-state index in [1.807, 2.05) is 13.1 Å². The molecule has 0 saturated carbocycles. The molecule has 0 amide bonds. The molecule has 0 bridgehead atoms. The topological polar surface area (TPSA) is 18.5 Å². The summed E-state index contributed by atoms with van der Waals surface area (Å²) < 4.78 is 14.1. The molecule has 4 heteroatoms. The summed E-state index contributed by atoms with van der Waals surface area (Å²) in [5.41, 5.74) is 1.89. The molecule has 21 heavy (non-hydrogen) atoms. The molecule has 3 rings (SSSR count). The Balaban J connectivity index is 1.81. The molecule has 0 aromatic heterocycles. The predicted octanol–water partition coefficient (Wildman–Crippen LogP) is 2.47. The number of likely N-dealkylation sites (tertiary alicyclic amines) is 1. The van der Waals surface area contributed by atoms with Crippen LogP contribution in [0, 0.1) is 11.7 Å². The summed E-state index contributed by atoms with van der Waals surface area (Å²) in [5, 5.41) is 3.09. The van der Waals surface area contributed by atoms with Crippen molar-refractivity contribution in [3.63, 3.8) is 0 Å². The second-order valence-corrected chi connectivity index (χ2v) is 6.45. The minimum absolute atomic E-state index is 0.0928. The fraction of sp³-hybridized carbons (Fsp3) is 0.647. The molecule has 1 N–H and O–H groups in total. The van der Waals surface area contributed by atoms with E-state index in [1.54, 1.807) is 6.07 Å². The van der Waals surface area contributed by atoms with Gasteiger partial charge in [-0.25, -0.2) is 4.39 Å². The van der Waals surface area contributed by atoms with Crippen molar-refractivity contribution in [3.8, 4) is 0 Å². The van der Waals surface area contributed by atoms with E-state index in [2.05, 4.69) is 28.2 Å². The molecule has 2 heterocycles. The molecule has 116 valence electrons. The van der Waals surface area contributed by atoms with Crippen molar-refractivity contribution in [2.24, 2.45) is 5.92 Å². The molecule has 3 nitrogen and oxygen atoms in total. The van der Waals surface area contributed by atoms with Crippen LogP contribution in [0.25, 0.3) is 0 Å². The Kier molecular flexibility index (Phi) is 4.45. The van der Waals surface area contributed by atoms with Crippen molar-refractivity contribution in [2.45, 2.75) is 31.8 Å². The molecule has 2 aliphatic rings. The Morgan fingerprint density at radius 3 is 2.95 bits per heavy atom. The van der Waals surface area contributed by atoms with Crippen molar-refractivity contribution in [1.82, 2.24) is 10.2 Å². The molecular formula is C17H26FN3. The third-order valence-corrected chi connectivity index (χ3v) is 5.13. The van der Waals surface area contributed by atoms with Crippen molar-refractivity contribution < 1.29 is 4.39 Å². The maximum absolute atomic E-state index is 14.1. The number of hydrogen-bond donors (Lipinski definition) is 1. The lowest BCUT2D eigenvalue weighted by molar-refractivity contribution is 0.102. The highest BCUT2D eigenvalue weighted by molar-refractivity contribution is 5.54. The molecule has 0 radical (unpaired) electrons. The molecule has 2 unspecified atom stereocenters. The van der Waals surface area contributed by atoms with E-state index in [0.717, 1.165) is 36.3 Å². The van der Waals surface area contributed by atoms with Crippen LogP contribution < -0.4 is 10.2 Å². The van der Waals surface area contributed by atoms with E-state index in [-0.39, 0.29) is 5.82 Å². The minimum atomic E-state index is -0.0928. The van der Waals surface area contributed by atoms with Crippen molar-refractivity contribution in [1.29, 1.82) is 0 Å². The number of fused-ring (bicyclic) bond motifs is 1. The lowest BCUT2D eigenvalue weighted by Crippen LogP contribution is -2.53. The number of piperidine rings is 2. The maximum atomic E-state index is 14.1. The van der Waals surface area contributed by atoms with E-state index in [4.69, 9.17) is 0 Å². The van der Waals surface area contributed by atoms with Crippen molar-refractivity contribution in [3.05, 3.63) is 29.6 Å². The summed E-state index contributed by atoms with van der Waals surface area (Å²) >= 11 is 0. The first-order valence-corrected chi connectivity index (χ1v) is 8.08. The van der Waals surface area contributed by atoms with Gasteiger partial charge in [-0.05, 0) is 58.0 Å². The van der Waals surface area contributed by atoms with Crippen LogP contribution in [0.5, 0.6) is 0 Å². The average Bonchev–Trinajstić information content (AvgIpc) is 2.49. The van der Waals surface area contributed by atoms with Gasteiger partial charge in [0.2, 0.25) is 0 Å². The molecule has 2 fully saturated rings. The summed E-state index contributed by atoms with van der Waals surface area (Å²) in [4.78, 5) is 4.92. The Hall–Kier alpha value is -1.13. The lowest BCUT2D eigenvalue weighted by Gasteiger charge is -2.47. The molecule has 2 saturated heterocycles. The summed E-state index contributed by atoms with van der Waals surface area (Å²) in [5.74, 6) is 0.632. The van der Waals surface area contributed by atoms with E-state index in [1.165, 1.54) is 25.8 Å².